The first-order chi connectivity index (χ1) is 20.4. The van der Waals surface area contributed by atoms with Crippen LogP contribution in [0.1, 0.15) is 32.0 Å². The number of fused-ring (bicyclic) bond motifs is 1. The zero-order valence-electron chi connectivity index (χ0n) is 24.6. The summed E-state index contributed by atoms with van der Waals surface area (Å²) in [6.07, 6.45) is 2.93. The molecule has 1 aliphatic rings. The lowest BCUT2D eigenvalue weighted by atomic mass is 9.87. The summed E-state index contributed by atoms with van der Waals surface area (Å²) < 4.78 is 51.5. The number of anilines is 1. The molecule has 43 heavy (non-hydrogen) atoms. The van der Waals surface area contributed by atoms with E-state index in [9.17, 15) is 17.6 Å². The number of aromatic nitrogens is 1. The zero-order chi connectivity index (χ0) is 30.8. The van der Waals surface area contributed by atoms with Crippen molar-refractivity contribution in [2.45, 2.75) is 37.6 Å². The van der Waals surface area contributed by atoms with Crippen molar-refractivity contribution in [3.05, 3.63) is 89.9 Å². The van der Waals surface area contributed by atoms with Crippen molar-refractivity contribution in [2.75, 3.05) is 37.6 Å². The topological polar surface area (TPSA) is 107 Å². The van der Waals surface area contributed by atoms with Gasteiger partial charge in [0.1, 0.15) is 5.82 Å². The number of hydrogen-bond donors (Lipinski definition) is 2. The highest BCUT2D eigenvalue weighted by Gasteiger charge is 2.22. The summed E-state index contributed by atoms with van der Waals surface area (Å²) >= 11 is 0. The lowest BCUT2D eigenvalue weighted by molar-refractivity contribution is -0.113. The minimum atomic E-state index is -3.89. The second-order valence-corrected chi connectivity index (χ2v) is 13.4. The monoisotopic (exact) mass is 604 g/mol. The lowest BCUT2D eigenvalue weighted by Gasteiger charge is -2.27. The Morgan fingerprint density at radius 3 is 2.40 bits per heavy atom. The van der Waals surface area contributed by atoms with Crippen LogP contribution in [0.3, 0.4) is 0 Å². The Morgan fingerprint density at radius 1 is 1.02 bits per heavy atom. The fourth-order valence-electron chi connectivity index (χ4n) is 5.37. The average molecular weight is 605 g/mol. The molecular formula is C33H37FN4O4S. The van der Waals surface area contributed by atoms with Crippen LogP contribution in [0.15, 0.2) is 77.7 Å². The summed E-state index contributed by atoms with van der Waals surface area (Å²) in [5.74, 6) is -1.02. The van der Waals surface area contributed by atoms with Crippen LogP contribution in [0.5, 0.6) is 0 Å². The third kappa shape index (κ3) is 6.98. The van der Waals surface area contributed by atoms with Gasteiger partial charge in [-0.1, -0.05) is 45.0 Å². The quantitative estimate of drug-likeness (QED) is 0.250. The molecule has 1 amide bonds. The molecule has 0 bridgehead atoms. The van der Waals surface area contributed by atoms with E-state index in [-0.39, 0.29) is 10.3 Å². The second kappa shape index (κ2) is 12.3. The largest absolute Gasteiger partial charge is 0.379 e. The van der Waals surface area contributed by atoms with E-state index in [0.717, 1.165) is 30.7 Å². The molecule has 4 aromatic rings. The van der Waals surface area contributed by atoms with Gasteiger partial charge in [0, 0.05) is 60.1 Å². The van der Waals surface area contributed by atoms with Gasteiger partial charge in [0.25, 0.3) is 10.0 Å². The fourth-order valence-corrected chi connectivity index (χ4v) is 6.42. The zero-order valence-corrected chi connectivity index (χ0v) is 25.5. The van der Waals surface area contributed by atoms with Crippen LogP contribution in [0.4, 0.5) is 10.1 Å². The van der Waals surface area contributed by atoms with Gasteiger partial charge in [-0.15, -0.1) is 0 Å². The molecule has 0 radical (unpaired) electrons. The molecule has 1 fully saturated rings. The molecule has 1 aliphatic heterocycles. The summed E-state index contributed by atoms with van der Waals surface area (Å²) in [7, 11) is -3.89. The summed E-state index contributed by atoms with van der Waals surface area (Å²) in [4.78, 5) is 14.2. The SMILES string of the molecule is CC(C)(C)c1ccc(S(=O)(=O)Nc2ccc3c(c2)c(-c2cccc(F)c2)c(/C=C/C(N)=O)n3CCN2CCOCC2)cc1. The Kier molecular flexibility index (Phi) is 8.73. The van der Waals surface area contributed by atoms with Gasteiger partial charge >= 0.3 is 0 Å². The number of benzene rings is 3. The number of nitrogens with zero attached hydrogens (tertiary/aromatic N) is 2. The number of sulfonamides is 1. The number of hydrogen-bond acceptors (Lipinski definition) is 5. The molecule has 3 aromatic carbocycles. The number of rotatable bonds is 9. The maximum atomic E-state index is 14.5. The highest BCUT2D eigenvalue weighted by atomic mass is 32.2. The number of amides is 1. The van der Waals surface area contributed by atoms with E-state index in [0.29, 0.717) is 47.7 Å². The molecule has 226 valence electrons. The van der Waals surface area contributed by atoms with Crippen LogP contribution in [0, 0.1) is 5.82 Å². The van der Waals surface area contributed by atoms with Crippen molar-refractivity contribution < 1.29 is 22.3 Å². The molecule has 0 spiro atoms. The number of primary amides is 1. The number of ether oxygens (including phenoxy) is 1. The summed E-state index contributed by atoms with van der Waals surface area (Å²) in [6, 6.07) is 18.4. The molecule has 3 N–H and O–H groups in total. The van der Waals surface area contributed by atoms with Crippen LogP contribution < -0.4 is 10.5 Å². The third-order valence-electron chi connectivity index (χ3n) is 7.65. The Labute approximate surface area is 252 Å². The molecule has 0 saturated carbocycles. The molecular weight excluding hydrogens is 567 g/mol. The van der Waals surface area contributed by atoms with Gasteiger partial charge in [-0.05, 0) is 65.1 Å². The van der Waals surface area contributed by atoms with E-state index in [4.69, 9.17) is 10.5 Å². The summed E-state index contributed by atoms with van der Waals surface area (Å²) in [6.45, 7) is 10.5. The molecule has 0 aliphatic carbocycles. The van der Waals surface area contributed by atoms with Crippen LogP contribution in [-0.4, -0.2) is 56.6 Å². The second-order valence-electron chi connectivity index (χ2n) is 11.7. The number of carbonyl (C=O) groups is 1. The Hall–Kier alpha value is -3.99. The predicted octanol–water partition coefficient (Wildman–Crippen LogP) is 5.38. The van der Waals surface area contributed by atoms with E-state index in [1.807, 2.05) is 18.2 Å². The maximum absolute atomic E-state index is 14.5. The van der Waals surface area contributed by atoms with Gasteiger partial charge in [-0.3, -0.25) is 14.4 Å². The fraction of sp³-hybridized carbons (Fsp3) is 0.303. The van der Waals surface area contributed by atoms with Crippen LogP contribution in [-0.2, 0) is 31.5 Å². The lowest BCUT2D eigenvalue weighted by Crippen LogP contribution is -2.38. The van der Waals surface area contributed by atoms with Gasteiger partial charge in [0.2, 0.25) is 5.91 Å². The highest BCUT2D eigenvalue weighted by Crippen LogP contribution is 2.38. The van der Waals surface area contributed by atoms with Crippen LogP contribution >= 0.6 is 0 Å². The molecule has 8 nitrogen and oxygen atoms in total. The van der Waals surface area contributed by atoms with Crippen molar-refractivity contribution >= 4 is 38.6 Å². The van der Waals surface area contributed by atoms with Gasteiger partial charge in [-0.2, -0.15) is 0 Å². The van der Waals surface area contributed by atoms with E-state index in [1.54, 1.807) is 42.5 Å². The average Bonchev–Trinajstić information content (AvgIpc) is 3.27. The number of halogens is 1. The number of morpholine rings is 1. The van der Waals surface area contributed by atoms with Crippen molar-refractivity contribution in [1.29, 1.82) is 0 Å². The number of carbonyl (C=O) groups excluding carboxylic acids is 1. The van der Waals surface area contributed by atoms with Crippen molar-refractivity contribution in [1.82, 2.24) is 9.47 Å². The summed E-state index contributed by atoms with van der Waals surface area (Å²) in [5.41, 5.74) is 9.51. The van der Waals surface area contributed by atoms with E-state index in [1.165, 1.54) is 18.2 Å². The molecule has 10 heteroatoms. The van der Waals surface area contributed by atoms with Crippen LogP contribution in [0.2, 0.25) is 0 Å². The van der Waals surface area contributed by atoms with Gasteiger partial charge in [0.15, 0.2) is 0 Å². The first kappa shape index (κ1) is 30.5. The minimum Gasteiger partial charge on any atom is -0.379 e. The smallest absolute Gasteiger partial charge is 0.261 e. The Bertz CT molecular complexity index is 1770. The predicted molar refractivity (Wildman–Crippen MR) is 169 cm³/mol. The minimum absolute atomic E-state index is 0.107. The number of nitrogens with one attached hydrogen (secondary N) is 1. The number of nitrogens with two attached hydrogens (primary N) is 1. The van der Waals surface area contributed by atoms with Crippen molar-refractivity contribution in [3.8, 4) is 11.1 Å². The van der Waals surface area contributed by atoms with Crippen molar-refractivity contribution in [3.63, 3.8) is 0 Å². The first-order valence-electron chi connectivity index (χ1n) is 14.3. The van der Waals surface area contributed by atoms with Gasteiger partial charge in [0.05, 0.1) is 18.1 Å². The van der Waals surface area contributed by atoms with E-state index in [2.05, 4.69) is 35.0 Å². The summed E-state index contributed by atoms with van der Waals surface area (Å²) in [5, 5.41) is 0.708. The molecule has 0 unspecified atom stereocenters. The van der Waals surface area contributed by atoms with Crippen molar-refractivity contribution in [2.24, 2.45) is 5.73 Å². The molecule has 1 saturated heterocycles. The Morgan fingerprint density at radius 2 is 1.74 bits per heavy atom. The van der Waals surface area contributed by atoms with Gasteiger partial charge in [-0.25, -0.2) is 12.8 Å². The molecule has 0 atom stereocenters. The maximum Gasteiger partial charge on any atom is 0.261 e. The molecule has 5 rings (SSSR count). The normalized spacial score (nSPS) is 14.9. The Balaban J connectivity index is 1.61. The third-order valence-corrected chi connectivity index (χ3v) is 9.05. The standard InChI is InChI=1S/C33H37FN4O4S/c1-33(2,3)24-7-10-27(11-8-24)43(40,41)36-26-9-12-29-28(22-26)32(23-5-4-6-25(34)21-23)30(13-14-31(35)39)38(29)16-15-37-17-19-42-20-18-37/h4-14,21-22,36H,15-20H2,1-3H3,(H2,35,39)/b14-13+. The van der Waals surface area contributed by atoms with Crippen LogP contribution in [0.25, 0.3) is 28.1 Å². The molecule has 2 heterocycles. The van der Waals surface area contributed by atoms with Gasteiger partial charge < -0.3 is 15.0 Å². The molecule has 1 aromatic heterocycles. The van der Waals surface area contributed by atoms with E-state index < -0.39 is 21.7 Å². The van der Waals surface area contributed by atoms with E-state index >= 15 is 0 Å². The first-order valence-corrected chi connectivity index (χ1v) is 15.7. The highest BCUT2D eigenvalue weighted by molar-refractivity contribution is 7.92.